The van der Waals surface area contributed by atoms with E-state index < -0.39 is 5.97 Å². The van der Waals surface area contributed by atoms with Crippen LogP contribution in [0.25, 0.3) is 0 Å². The number of hydrogen-bond donors (Lipinski definition) is 2. The molecule has 0 bridgehead atoms. The quantitative estimate of drug-likeness (QED) is 0.746. The predicted molar refractivity (Wildman–Crippen MR) is 65.7 cm³/mol. The number of carbonyl (C=O) groups is 1. The van der Waals surface area contributed by atoms with Crippen molar-refractivity contribution >= 4 is 11.8 Å². The lowest BCUT2D eigenvalue weighted by molar-refractivity contribution is 0.0655. The van der Waals surface area contributed by atoms with Crippen LogP contribution in [0.3, 0.4) is 0 Å². The van der Waals surface area contributed by atoms with Crippen molar-refractivity contribution in [3.05, 3.63) is 18.1 Å². The van der Waals surface area contributed by atoms with E-state index in [9.17, 15) is 4.79 Å². The van der Waals surface area contributed by atoms with E-state index in [0.717, 1.165) is 12.8 Å². The van der Waals surface area contributed by atoms with Gasteiger partial charge in [-0.25, -0.2) is 14.8 Å². The Bertz CT molecular complexity index is 405. The van der Waals surface area contributed by atoms with Gasteiger partial charge in [0.1, 0.15) is 17.7 Å². The van der Waals surface area contributed by atoms with Gasteiger partial charge in [0.2, 0.25) is 0 Å². The molecule has 1 aromatic rings. The van der Waals surface area contributed by atoms with E-state index in [4.69, 9.17) is 9.84 Å². The zero-order chi connectivity index (χ0) is 12.8. The highest BCUT2D eigenvalue weighted by molar-refractivity contribution is 5.92. The molecule has 1 saturated carbocycles. The smallest absolute Gasteiger partial charge is 0.341 e. The van der Waals surface area contributed by atoms with Gasteiger partial charge in [0.25, 0.3) is 0 Å². The van der Waals surface area contributed by atoms with Crippen molar-refractivity contribution in [2.45, 2.75) is 31.8 Å². The number of carboxylic acid groups (broad SMARTS) is 1. The van der Waals surface area contributed by atoms with Gasteiger partial charge < -0.3 is 15.2 Å². The van der Waals surface area contributed by atoms with Crippen LogP contribution in [0.15, 0.2) is 12.5 Å². The lowest BCUT2D eigenvalue weighted by Gasteiger charge is -2.12. The highest BCUT2D eigenvalue weighted by Crippen LogP contribution is 2.20. The third-order valence-corrected chi connectivity index (χ3v) is 2.99. The molecule has 1 heterocycles. The Balaban J connectivity index is 1.77. The number of ether oxygens (including phenoxy) is 1. The summed E-state index contributed by atoms with van der Waals surface area (Å²) in [4.78, 5) is 18.5. The second-order valence-corrected chi connectivity index (χ2v) is 4.29. The number of anilines is 1. The van der Waals surface area contributed by atoms with Crippen LogP contribution in [0.5, 0.6) is 0 Å². The first-order chi connectivity index (χ1) is 8.77. The zero-order valence-electron chi connectivity index (χ0n) is 10.1. The fourth-order valence-electron chi connectivity index (χ4n) is 2.08. The molecule has 0 aliphatic heterocycles. The maximum atomic E-state index is 10.9. The fourth-order valence-corrected chi connectivity index (χ4v) is 2.08. The van der Waals surface area contributed by atoms with Crippen molar-refractivity contribution in [1.82, 2.24) is 9.97 Å². The van der Waals surface area contributed by atoms with Crippen LogP contribution in [0.1, 0.15) is 36.0 Å². The molecule has 1 fully saturated rings. The molecular formula is C12H17N3O3. The Morgan fingerprint density at radius 2 is 2.28 bits per heavy atom. The van der Waals surface area contributed by atoms with Crippen molar-refractivity contribution in [2.75, 3.05) is 18.5 Å². The van der Waals surface area contributed by atoms with Gasteiger partial charge >= 0.3 is 5.97 Å². The van der Waals surface area contributed by atoms with Crippen LogP contribution >= 0.6 is 0 Å². The van der Waals surface area contributed by atoms with Crippen LogP contribution in [0.2, 0.25) is 0 Å². The van der Waals surface area contributed by atoms with E-state index in [1.54, 1.807) is 0 Å². The summed E-state index contributed by atoms with van der Waals surface area (Å²) in [7, 11) is 0. The predicted octanol–water partition coefficient (Wildman–Crippen LogP) is 1.55. The van der Waals surface area contributed by atoms with Crippen LogP contribution in [0, 0.1) is 0 Å². The molecule has 0 aromatic carbocycles. The molecule has 6 nitrogen and oxygen atoms in total. The van der Waals surface area contributed by atoms with Gasteiger partial charge in [0.05, 0.1) is 12.7 Å². The number of nitrogens with zero attached hydrogens (tertiary/aromatic N) is 2. The van der Waals surface area contributed by atoms with Crippen molar-refractivity contribution in [3.8, 4) is 0 Å². The summed E-state index contributed by atoms with van der Waals surface area (Å²) in [5.41, 5.74) is 0.0818. The number of carboxylic acids is 1. The summed E-state index contributed by atoms with van der Waals surface area (Å²) in [5.74, 6) is -0.692. The molecule has 0 amide bonds. The van der Waals surface area contributed by atoms with E-state index >= 15 is 0 Å². The molecule has 98 valence electrons. The zero-order valence-corrected chi connectivity index (χ0v) is 10.1. The minimum absolute atomic E-state index is 0.0818. The Labute approximate surface area is 105 Å². The molecule has 1 aromatic heterocycles. The summed E-state index contributed by atoms with van der Waals surface area (Å²) < 4.78 is 5.67. The highest BCUT2D eigenvalue weighted by atomic mass is 16.5. The van der Waals surface area contributed by atoms with E-state index in [-0.39, 0.29) is 5.56 Å². The maximum absolute atomic E-state index is 10.9. The Morgan fingerprint density at radius 3 is 3.00 bits per heavy atom. The normalized spacial score (nSPS) is 15.8. The van der Waals surface area contributed by atoms with E-state index in [1.165, 1.54) is 25.4 Å². The third-order valence-electron chi connectivity index (χ3n) is 2.99. The lowest BCUT2D eigenvalue weighted by Crippen LogP contribution is -2.17. The van der Waals surface area contributed by atoms with Crippen molar-refractivity contribution in [1.29, 1.82) is 0 Å². The van der Waals surface area contributed by atoms with Crippen molar-refractivity contribution in [3.63, 3.8) is 0 Å². The molecule has 6 heteroatoms. The summed E-state index contributed by atoms with van der Waals surface area (Å²) >= 11 is 0. The standard InChI is InChI=1S/C12H17N3O3/c16-12(17)10-7-13-8-15-11(10)14-5-6-18-9-3-1-2-4-9/h7-9H,1-6H2,(H,16,17)(H,13,14,15). The largest absolute Gasteiger partial charge is 0.477 e. The number of nitrogens with one attached hydrogen (secondary N) is 1. The molecule has 0 saturated heterocycles. The van der Waals surface area contributed by atoms with Gasteiger partial charge in [-0.3, -0.25) is 0 Å². The van der Waals surface area contributed by atoms with E-state index in [0.29, 0.717) is 25.1 Å². The van der Waals surface area contributed by atoms with Crippen molar-refractivity contribution in [2.24, 2.45) is 0 Å². The number of aromatic nitrogens is 2. The number of hydrogen-bond acceptors (Lipinski definition) is 5. The van der Waals surface area contributed by atoms with Crippen molar-refractivity contribution < 1.29 is 14.6 Å². The Kier molecular flexibility index (Phi) is 4.46. The molecule has 0 unspecified atom stereocenters. The average molecular weight is 251 g/mol. The molecule has 0 atom stereocenters. The molecule has 2 rings (SSSR count). The van der Waals surface area contributed by atoms with Crippen LogP contribution < -0.4 is 5.32 Å². The molecular weight excluding hydrogens is 234 g/mol. The molecule has 1 aliphatic carbocycles. The first-order valence-corrected chi connectivity index (χ1v) is 6.16. The second kappa shape index (κ2) is 6.30. The highest BCUT2D eigenvalue weighted by Gasteiger charge is 2.15. The fraction of sp³-hybridized carbons (Fsp3) is 0.583. The summed E-state index contributed by atoms with van der Waals surface area (Å²) in [6, 6.07) is 0. The molecule has 2 N–H and O–H groups in total. The Hall–Kier alpha value is -1.69. The van der Waals surface area contributed by atoms with Gasteiger partial charge in [-0.15, -0.1) is 0 Å². The minimum Gasteiger partial charge on any atom is -0.477 e. The monoisotopic (exact) mass is 251 g/mol. The Morgan fingerprint density at radius 1 is 1.50 bits per heavy atom. The van der Waals surface area contributed by atoms with Gasteiger partial charge in [0.15, 0.2) is 0 Å². The number of aromatic carboxylic acids is 1. The third kappa shape index (κ3) is 3.40. The van der Waals surface area contributed by atoms with Gasteiger partial charge in [-0.2, -0.15) is 0 Å². The summed E-state index contributed by atoms with van der Waals surface area (Å²) in [6.45, 7) is 1.11. The summed E-state index contributed by atoms with van der Waals surface area (Å²) in [6.07, 6.45) is 7.74. The average Bonchev–Trinajstić information content (AvgIpc) is 2.88. The van der Waals surface area contributed by atoms with E-state index in [1.807, 2.05) is 0 Å². The topological polar surface area (TPSA) is 84.3 Å². The molecule has 0 spiro atoms. The first kappa shape index (κ1) is 12.8. The maximum Gasteiger partial charge on any atom is 0.341 e. The van der Waals surface area contributed by atoms with Crippen LogP contribution in [0.4, 0.5) is 5.82 Å². The number of rotatable bonds is 6. The van der Waals surface area contributed by atoms with Gasteiger partial charge in [0, 0.05) is 12.7 Å². The minimum atomic E-state index is -1.03. The molecule has 0 radical (unpaired) electrons. The first-order valence-electron chi connectivity index (χ1n) is 6.16. The SMILES string of the molecule is O=C(O)c1cncnc1NCCOC1CCCC1. The van der Waals surface area contributed by atoms with Crippen LogP contribution in [-0.4, -0.2) is 40.3 Å². The lowest BCUT2D eigenvalue weighted by atomic mass is 10.3. The van der Waals surface area contributed by atoms with Crippen LogP contribution in [-0.2, 0) is 4.74 Å². The molecule has 18 heavy (non-hydrogen) atoms. The van der Waals surface area contributed by atoms with Gasteiger partial charge in [-0.05, 0) is 12.8 Å². The summed E-state index contributed by atoms with van der Waals surface area (Å²) in [5, 5.41) is 11.9. The van der Waals surface area contributed by atoms with Gasteiger partial charge in [-0.1, -0.05) is 12.8 Å². The van der Waals surface area contributed by atoms with E-state index in [2.05, 4.69) is 15.3 Å². The second-order valence-electron chi connectivity index (χ2n) is 4.29. The molecule has 1 aliphatic rings.